The first kappa shape index (κ1) is 21.9. The number of carbonyl (C=O) groups is 1. The Morgan fingerprint density at radius 1 is 1.04 bits per heavy atom. The van der Waals surface area contributed by atoms with Crippen molar-refractivity contribution in [1.82, 2.24) is 9.62 Å². The van der Waals surface area contributed by atoms with Gasteiger partial charge in [-0.1, -0.05) is 30.3 Å². The van der Waals surface area contributed by atoms with Crippen molar-refractivity contribution in [3.63, 3.8) is 0 Å². The molecule has 0 aliphatic carbocycles. The van der Waals surface area contributed by atoms with E-state index in [4.69, 9.17) is 0 Å². The highest BCUT2D eigenvalue weighted by atomic mass is 32.2. The van der Waals surface area contributed by atoms with E-state index in [9.17, 15) is 13.2 Å². The van der Waals surface area contributed by atoms with Crippen LogP contribution < -0.4 is 15.5 Å². The molecule has 0 saturated carbocycles. The summed E-state index contributed by atoms with van der Waals surface area (Å²) in [4.78, 5) is 14.4. The van der Waals surface area contributed by atoms with Crippen LogP contribution in [0.15, 0.2) is 53.4 Å². The number of carbonyl (C=O) groups excluding carboxylic acids is 1. The maximum atomic E-state index is 12.5. The largest absolute Gasteiger partial charge is 0.376 e. The predicted molar refractivity (Wildman–Crippen MR) is 113 cm³/mol. The van der Waals surface area contributed by atoms with Crippen molar-refractivity contribution >= 4 is 27.3 Å². The molecular weight excluding hydrogens is 376 g/mol. The standard InChI is InChI=1S/C20H28N4O3S/c1-15(16-9-7-6-8-10-16)21-14-20(25)22-18-13-17(28(26,27)24(4)5)11-12-19(18)23(2)3/h6-13,15,21H,14H2,1-5H3,(H,22,25)/t15-/m0/s1. The van der Waals surface area contributed by atoms with Crippen molar-refractivity contribution in [3.8, 4) is 0 Å². The van der Waals surface area contributed by atoms with Crippen LogP contribution >= 0.6 is 0 Å². The summed E-state index contributed by atoms with van der Waals surface area (Å²) in [7, 11) is 3.03. The second kappa shape index (κ2) is 9.18. The minimum absolute atomic E-state index is 0.0146. The van der Waals surface area contributed by atoms with Gasteiger partial charge >= 0.3 is 0 Å². The van der Waals surface area contributed by atoms with E-state index >= 15 is 0 Å². The lowest BCUT2D eigenvalue weighted by Crippen LogP contribution is -2.30. The van der Waals surface area contributed by atoms with Crippen LogP contribution in [-0.4, -0.2) is 53.4 Å². The molecule has 0 unspecified atom stereocenters. The smallest absolute Gasteiger partial charge is 0.242 e. The lowest BCUT2D eigenvalue weighted by atomic mass is 10.1. The molecule has 2 rings (SSSR count). The third-order valence-corrected chi connectivity index (χ3v) is 6.18. The average molecular weight is 405 g/mol. The summed E-state index contributed by atoms with van der Waals surface area (Å²) in [5.41, 5.74) is 2.26. The molecule has 0 radical (unpaired) electrons. The minimum Gasteiger partial charge on any atom is -0.376 e. The summed E-state index contributed by atoms with van der Waals surface area (Å²) in [6.45, 7) is 2.09. The third-order valence-electron chi connectivity index (χ3n) is 4.37. The Bertz CT molecular complexity index is 912. The van der Waals surface area contributed by atoms with Crippen molar-refractivity contribution in [2.75, 3.05) is 45.0 Å². The average Bonchev–Trinajstić information content (AvgIpc) is 2.66. The number of hydrogen-bond donors (Lipinski definition) is 2. The van der Waals surface area contributed by atoms with E-state index in [0.717, 1.165) is 15.6 Å². The molecule has 0 heterocycles. The van der Waals surface area contributed by atoms with Gasteiger partial charge in [-0.05, 0) is 30.7 Å². The number of nitrogens with zero attached hydrogens (tertiary/aromatic N) is 2. The highest BCUT2D eigenvalue weighted by Gasteiger charge is 2.20. The molecule has 1 amide bonds. The fourth-order valence-corrected chi connectivity index (χ4v) is 3.60. The van der Waals surface area contributed by atoms with Gasteiger partial charge in [-0.3, -0.25) is 4.79 Å². The zero-order valence-corrected chi connectivity index (χ0v) is 17.7. The van der Waals surface area contributed by atoms with Gasteiger partial charge in [0.1, 0.15) is 0 Å². The Balaban J connectivity index is 2.15. The molecule has 1 atom stereocenters. The van der Waals surface area contributed by atoms with Crippen LogP contribution in [0.25, 0.3) is 0 Å². The maximum Gasteiger partial charge on any atom is 0.242 e. The van der Waals surface area contributed by atoms with Crippen molar-refractivity contribution in [3.05, 3.63) is 54.1 Å². The molecule has 7 nitrogen and oxygen atoms in total. The van der Waals surface area contributed by atoms with Crippen LogP contribution in [0.5, 0.6) is 0 Å². The SMILES string of the molecule is C[C@H](NCC(=O)Nc1cc(S(=O)(=O)N(C)C)ccc1N(C)C)c1ccccc1. The van der Waals surface area contributed by atoms with Gasteiger partial charge in [0.15, 0.2) is 0 Å². The summed E-state index contributed by atoms with van der Waals surface area (Å²) in [6.07, 6.45) is 0. The Kier molecular flexibility index (Phi) is 7.17. The number of benzene rings is 2. The summed E-state index contributed by atoms with van der Waals surface area (Å²) >= 11 is 0. The van der Waals surface area contributed by atoms with E-state index < -0.39 is 10.0 Å². The Hall–Kier alpha value is -2.42. The van der Waals surface area contributed by atoms with Gasteiger partial charge < -0.3 is 15.5 Å². The van der Waals surface area contributed by atoms with Crippen LogP contribution in [0.4, 0.5) is 11.4 Å². The Morgan fingerprint density at radius 2 is 1.68 bits per heavy atom. The number of rotatable bonds is 8. The number of nitrogens with one attached hydrogen (secondary N) is 2. The quantitative estimate of drug-likeness (QED) is 0.706. The molecule has 2 N–H and O–H groups in total. The van der Waals surface area contributed by atoms with E-state index in [2.05, 4.69) is 10.6 Å². The number of hydrogen-bond acceptors (Lipinski definition) is 5. The number of sulfonamides is 1. The number of anilines is 2. The molecule has 8 heteroatoms. The first-order chi connectivity index (χ1) is 13.1. The van der Waals surface area contributed by atoms with Crippen molar-refractivity contribution in [2.24, 2.45) is 0 Å². The van der Waals surface area contributed by atoms with E-state index in [1.54, 1.807) is 6.07 Å². The summed E-state index contributed by atoms with van der Waals surface area (Å²) < 4.78 is 26.0. The summed E-state index contributed by atoms with van der Waals surface area (Å²) in [5, 5.41) is 6.00. The zero-order chi connectivity index (χ0) is 20.9. The van der Waals surface area contributed by atoms with Crippen LogP contribution in [0, 0.1) is 0 Å². The van der Waals surface area contributed by atoms with E-state index in [-0.39, 0.29) is 23.4 Å². The number of amides is 1. The highest BCUT2D eigenvalue weighted by molar-refractivity contribution is 7.89. The van der Waals surface area contributed by atoms with Gasteiger partial charge in [-0.2, -0.15) is 0 Å². The lowest BCUT2D eigenvalue weighted by Gasteiger charge is -2.20. The van der Waals surface area contributed by atoms with Crippen molar-refractivity contribution < 1.29 is 13.2 Å². The monoisotopic (exact) mass is 404 g/mol. The maximum absolute atomic E-state index is 12.5. The molecule has 0 aromatic heterocycles. The first-order valence-electron chi connectivity index (χ1n) is 8.95. The minimum atomic E-state index is -3.59. The molecule has 0 aliphatic heterocycles. The Morgan fingerprint density at radius 3 is 2.25 bits per heavy atom. The predicted octanol–water partition coefficient (Wildman–Crippen LogP) is 2.29. The highest BCUT2D eigenvalue weighted by Crippen LogP contribution is 2.28. The van der Waals surface area contributed by atoms with Crippen LogP contribution in [0.3, 0.4) is 0 Å². The molecule has 0 saturated heterocycles. The van der Waals surface area contributed by atoms with Gasteiger partial charge in [0.25, 0.3) is 0 Å². The molecule has 2 aromatic carbocycles. The normalized spacial score (nSPS) is 12.6. The first-order valence-corrected chi connectivity index (χ1v) is 10.4. The van der Waals surface area contributed by atoms with Gasteiger partial charge in [-0.15, -0.1) is 0 Å². The third kappa shape index (κ3) is 5.31. The molecule has 2 aromatic rings. The lowest BCUT2D eigenvalue weighted by molar-refractivity contribution is -0.115. The molecular formula is C20H28N4O3S. The van der Waals surface area contributed by atoms with Gasteiger partial charge in [-0.25, -0.2) is 12.7 Å². The van der Waals surface area contributed by atoms with E-state index in [0.29, 0.717) is 5.69 Å². The molecule has 0 fully saturated rings. The molecule has 0 aliphatic rings. The van der Waals surface area contributed by atoms with Crippen LogP contribution in [-0.2, 0) is 14.8 Å². The van der Waals surface area contributed by atoms with Gasteiger partial charge in [0.2, 0.25) is 15.9 Å². The molecule has 0 bridgehead atoms. The molecule has 152 valence electrons. The van der Waals surface area contributed by atoms with Crippen LogP contribution in [0.1, 0.15) is 18.5 Å². The van der Waals surface area contributed by atoms with Crippen molar-refractivity contribution in [2.45, 2.75) is 17.9 Å². The van der Waals surface area contributed by atoms with Crippen LogP contribution in [0.2, 0.25) is 0 Å². The second-order valence-electron chi connectivity index (χ2n) is 6.92. The zero-order valence-electron chi connectivity index (χ0n) is 16.9. The summed E-state index contributed by atoms with van der Waals surface area (Å²) in [6, 6.07) is 14.6. The molecule has 28 heavy (non-hydrogen) atoms. The van der Waals surface area contributed by atoms with E-state index in [1.807, 2.05) is 56.3 Å². The fourth-order valence-electron chi connectivity index (χ4n) is 2.68. The topological polar surface area (TPSA) is 81.8 Å². The molecule has 0 spiro atoms. The fraction of sp³-hybridized carbons (Fsp3) is 0.350. The van der Waals surface area contributed by atoms with Gasteiger partial charge in [0.05, 0.1) is 22.8 Å². The van der Waals surface area contributed by atoms with Crippen molar-refractivity contribution in [1.29, 1.82) is 0 Å². The second-order valence-corrected chi connectivity index (χ2v) is 9.07. The Labute approximate surface area is 167 Å². The summed E-state index contributed by atoms with van der Waals surface area (Å²) in [5.74, 6) is -0.245. The van der Waals surface area contributed by atoms with E-state index in [1.165, 1.54) is 26.2 Å². The van der Waals surface area contributed by atoms with Gasteiger partial charge in [0, 0.05) is 34.2 Å².